The summed E-state index contributed by atoms with van der Waals surface area (Å²) in [5.41, 5.74) is 2.47. The van der Waals surface area contributed by atoms with Gasteiger partial charge in [-0.25, -0.2) is 4.98 Å². The van der Waals surface area contributed by atoms with Crippen LogP contribution in [0.2, 0.25) is 0 Å². The maximum absolute atomic E-state index is 12.0. The Hall–Kier alpha value is -1.49. The smallest absolute Gasteiger partial charge is 0.187 e. The van der Waals surface area contributed by atoms with Gasteiger partial charge in [-0.05, 0) is 19.9 Å². The summed E-state index contributed by atoms with van der Waals surface area (Å²) in [7, 11) is 1.79. The van der Waals surface area contributed by atoms with Crippen molar-refractivity contribution in [3.05, 3.63) is 33.5 Å². The van der Waals surface area contributed by atoms with Gasteiger partial charge in [0, 0.05) is 18.1 Å². The molecule has 0 unspecified atom stereocenters. The molecule has 0 bridgehead atoms. The normalized spacial score (nSPS) is 10.7. The van der Waals surface area contributed by atoms with E-state index >= 15 is 0 Å². The third kappa shape index (κ3) is 2.19. The number of carbonyl (C=O) groups is 1. The number of hydrogen-bond donors (Lipinski definition) is 0. The summed E-state index contributed by atoms with van der Waals surface area (Å²) < 4.78 is 1.62. The van der Waals surface area contributed by atoms with Gasteiger partial charge in [-0.3, -0.25) is 9.48 Å². The van der Waals surface area contributed by atoms with Crippen molar-refractivity contribution in [2.75, 3.05) is 0 Å². The zero-order valence-electron chi connectivity index (χ0n) is 9.52. The first-order valence-electron chi connectivity index (χ1n) is 5.01. The lowest BCUT2D eigenvalue weighted by molar-refractivity contribution is 0.0984. The summed E-state index contributed by atoms with van der Waals surface area (Å²) in [4.78, 5) is 16.2. The number of aryl methyl sites for hydroxylation is 3. The Bertz CT molecular complexity index is 527. The second-order valence-corrected chi connectivity index (χ2v) is 4.72. The first-order valence-corrected chi connectivity index (χ1v) is 5.89. The molecular weight excluding hydrogens is 222 g/mol. The molecule has 0 aliphatic heterocycles. The highest BCUT2D eigenvalue weighted by Gasteiger charge is 2.13. The molecule has 5 heteroatoms. The molecule has 0 atom stereocenters. The molecule has 4 nitrogen and oxygen atoms in total. The van der Waals surface area contributed by atoms with Crippen LogP contribution in [-0.2, 0) is 13.5 Å². The van der Waals surface area contributed by atoms with Gasteiger partial charge in [0.1, 0.15) is 10.7 Å². The van der Waals surface area contributed by atoms with Crippen molar-refractivity contribution >= 4 is 17.1 Å². The number of rotatable bonds is 3. The third-order valence-electron chi connectivity index (χ3n) is 2.27. The summed E-state index contributed by atoms with van der Waals surface area (Å²) in [5, 5.41) is 6.98. The van der Waals surface area contributed by atoms with Crippen LogP contribution in [0.3, 0.4) is 0 Å². The van der Waals surface area contributed by atoms with Crippen LogP contribution in [0.5, 0.6) is 0 Å². The molecule has 0 aromatic carbocycles. The van der Waals surface area contributed by atoms with Gasteiger partial charge in [0.05, 0.1) is 12.1 Å². The van der Waals surface area contributed by atoms with Gasteiger partial charge in [0.15, 0.2) is 5.78 Å². The van der Waals surface area contributed by atoms with Gasteiger partial charge in [-0.1, -0.05) is 0 Å². The Balaban J connectivity index is 2.17. The van der Waals surface area contributed by atoms with Gasteiger partial charge in [0.25, 0.3) is 0 Å². The first kappa shape index (κ1) is 11.0. The molecule has 2 aromatic heterocycles. The number of hydrogen-bond acceptors (Lipinski definition) is 4. The lowest BCUT2D eigenvalue weighted by atomic mass is 10.2. The molecule has 0 saturated carbocycles. The van der Waals surface area contributed by atoms with Crippen molar-refractivity contribution in [2.24, 2.45) is 7.05 Å². The van der Waals surface area contributed by atoms with E-state index in [0.29, 0.717) is 12.1 Å². The fourth-order valence-corrected chi connectivity index (χ4v) is 2.35. The fourth-order valence-electron chi connectivity index (χ4n) is 1.58. The van der Waals surface area contributed by atoms with Gasteiger partial charge >= 0.3 is 0 Å². The summed E-state index contributed by atoms with van der Waals surface area (Å²) in [6.45, 7) is 3.81. The first-order chi connectivity index (χ1) is 7.56. The minimum Gasteiger partial charge on any atom is -0.292 e. The zero-order chi connectivity index (χ0) is 11.7. The van der Waals surface area contributed by atoms with Crippen molar-refractivity contribution < 1.29 is 4.79 Å². The number of carbonyl (C=O) groups excluding carboxylic acids is 1. The van der Waals surface area contributed by atoms with E-state index in [1.807, 2.05) is 25.3 Å². The number of aromatic nitrogens is 3. The van der Waals surface area contributed by atoms with E-state index in [9.17, 15) is 4.79 Å². The summed E-state index contributed by atoms with van der Waals surface area (Å²) >= 11 is 1.52. The molecule has 2 heterocycles. The minimum absolute atomic E-state index is 0.0671. The van der Waals surface area contributed by atoms with Gasteiger partial charge in [-0.2, -0.15) is 5.10 Å². The summed E-state index contributed by atoms with van der Waals surface area (Å²) in [6.07, 6.45) is 0.359. The lowest BCUT2D eigenvalue weighted by Crippen LogP contribution is -2.09. The molecule has 0 fully saturated rings. The third-order valence-corrected chi connectivity index (χ3v) is 3.23. The molecule has 2 rings (SSSR count). The predicted molar refractivity (Wildman–Crippen MR) is 62.8 cm³/mol. The fraction of sp³-hybridized carbons (Fsp3) is 0.364. The van der Waals surface area contributed by atoms with E-state index in [1.165, 1.54) is 11.3 Å². The van der Waals surface area contributed by atoms with Crippen LogP contribution in [0.4, 0.5) is 0 Å². The maximum atomic E-state index is 12.0. The molecule has 0 saturated heterocycles. The zero-order valence-corrected chi connectivity index (χ0v) is 10.3. The minimum atomic E-state index is 0.0671. The molecule has 0 N–H and O–H groups in total. The quantitative estimate of drug-likeness (QED) is 0.764. The van der Waals surface area contributed by atoms with E-state index in [1.54, 1.807) is 11.7 Å². The van der Waals surface area contributed by atoms with Crippen LogP contribution in [0.15, 0.2) is 11.4 Å². The molecule has 0 radical (unpaired) electrons. The van der Waals surface area contributed by atoms with Gasteiger partial charge < -0.3 is 0 Å². The largest absolute Gasteiger partial charge is 0.292 e. The Morgan fingerprint density at radius 2 is 2.19 bits per heavy atom. The van der Waals surface area contributed by atoms with Crippen LogP contribution in [0.1, 0.15) is 26.9 Å². The molecular formula is C11H13N3OS. The number of nitrogens with zero attached hydrogens (tertiary/aromatic N) is 3. The van der Waals surface area contributed by atoms with Crippen molar-refractivity contribution in [1.29, 1.82) is 0 Å². The van der Waals surface area contributed by atoms with E-state index in [4.69, 9.17) is 0 Å². The monoisotopic (exact) mass is 235 g/mol. The lowest BCUT2D eigenvalue weighted by Gasteiger charge is -1.98. The van der Waals surface area contributed by atoms with Gasteiger partial charge in [0.2, 0.25) is 0 Å². The molecule has 0 aliphatic carbocycles. The van der Waals surface area contributed by atoms with E-state index in [-0.39, 0.29) is 5.78 Å². The molecule has 2 aromatic rings. The highest BCUT2D eigenvalue weighted by molar-refractivity contribution is 7.09. The molecule has 0 aliphatic rings. The number of Topliss-reactive ketones (excluding diaryl/α,β-unsaturated/α-hetero) is 1. The molecule has 16 heavy (non-hydrogen) atoms. The average Bonchev–Trinajstić information content (AvgIpc) is 2.73. The van der Waals surface area contributed by atoms with Crippen LogP contribution in [0.25, 0.3) is 0 Å². The van der Waals surface area contributed by atoms with Crippen molar-refractivity contribution in [1.82, 2.24) is 14.8 Å². The second-order valence-electron chi connectivity index (χ2n) is 3.78. The van der Waals surface area contributed by atoms with Gasteiger partial charge in [-0.15, -0.1) is 11.3 Å². The van der Waals surface area contributed by atoms with E-state index in [0.717, 1.165) is 16.4 Å². The second kappa shape index (κ2) is 4.17. The molecule has 84 valence electrons. The highest BCUT2D eigenvalue weighted by atomic mass is 32.1. The van der Waals surface area contributed by atoms with Crippen LogP contribution >= 0.6 is 11.3 Å². The Morgan fingerprint density at radius 1 is 1.44 bits per heavy atom. The molecule has 0 amide bonds. The average molecular weight is 235 g/mol. The number of thiazole rings is 1. The Kier molecular flexibility index (Phi) is 2.87. The topological polar surface area (TPSA) is 47.8 Å². The maximum Gasteiger partial charge on any atom is 0.187 e. The molecule has 0 spiro atoms. The van der Waals surface area contributed by atoms with Crippen LogP contribution in [0, 0.1) is 13.8 Å². The van der Waals surface area contributed by atoms with E-state index < -0.39 is 0 Å². The van der Waals surface area contributed by atoms with Crippen molar-refractivity contribution in [2.45, 2.75) is 20.3 Å². The standard InChI is InChI=1S/C11H13N3OS/c1-7-4-9(14(3)13-7)10(15)5-11-12-8(2)6-16-11/h4,6H,5H2,1-3H3. The Morgan fingerprint density at radius 3 is 2.69 bits per heavy atom. The van der Waals surface area contributed by atoms with Crippen LogP contribution < -0.4 is 0 Å². The summed E-state index contributed by atoms with van der Waals surface area (Å²) in [5.74, 6) is 0.0671. The highest BCUT2D eigenvalue weighted by Crippen LogP contribution is 2.12. The SMILES string of the molecule is Cc1csc(CC(=O)c2cc(C)nn2C)n1. The van der Waals surface area contributed by atoms with Crippen molar-refractivity contribution in [3.63, 3.8) is 0 Å². The Labute approximate surface area is 97.9 Å². The van der Waals surface area contributed by atoms with E-state index in [2.05, 4.69) is 10.1 Å². The summed E-state index contributed by atoms with van der Waals surface area (Å²) in [6, 6.07) is 1.81. The van der Waals surface area contributed by atoms with Crippen molar-refractivity contribution in [3.8, 4) is 0 Å². The predicted octanol–water partition coefficient (Wildman–Crippen LogP) is 1.92. The van der Waals surface area contributed by atoms with Crippen LogP contribution in [-0.4, -0.2) is 20.5 Å². The number of ketones is 1.